The van der Waals surface area contributed by atoms with Crippen LogP contribution in [0.3, 0.4) is 0 Å². The molecule has 1 aromatic carbocycles. The van der Waals surface area contributed by atoms with Crippen LogP contribution in [0.5, 0.6) is 0 Å². The van der Waals surface area contributed by atoms with Crippen LogP contribution < -0.4 is 0 Å². The van der Waals surface area contributed by atoms with Crippen LogP contribution in [0.15, 0.2) is 41.1 Å². The Morgan fingerprint density at radius 1 is 1.21 bits per heavy atom. The SMILES string of the molecule is CC(C)c1cc(CN(C)Cc2cn[nH]c2-c2ccc(F)cc2)no1. The molecule has 0 aliphatic rings. The number of aromatic nitrogens is 3. The van der Waals surface area contributed by atoms with Gasteiger partial charge in [-0.15, -0.1) is 0 Å². The molecule has 0 radical (unpaired) electrons. The van der Waals surface area contributed by atoms with Crippen molar-refractivity contribution >= 4 is 0 Å². The molecule has 0 atom stereocenters. The number of nitrogens with one attached hydrogen (secondary N) is 1. The van der Waals surface area contributed by atoms with Crippen LogP contribution >= 0.6 is 0 Å². The van der Waals surface area contributed by atoms with Crippen molar-refractivity contribution < 1.29 is 8.91 Å². The van der Waals surface area contributed by atoms with Gasteiger partial charge in [0.15, 0.2) is 0 Å². The standard InChI is InChI=1S/C18H21FN4O/c1-12(2)17-8-16(22-24-17)11-23(3)10-14-9-20-21-18(14)13-4-6-15(19)7-5-13/h4-9,12H,10-11H2,1-3H3,(H,20,21). The number of aromatic amines is 1. The lowest BCUT2D eigenvalue weighted by molar-refractivity contribution is 0.300. The first kappa shape index (κ1) is 16.4. The van der Waals surface area contributed by atoms with Crippen molar-refractivity contribution in [2.24, 2.45) is 0 Å². The minimum absolute atomic E-state index is 0.246. The van der Waals surface area contributed by atoms with E-state index in [9.17, 15) is 4.39 Å². The summed E-state index contributed by atoms with van der Waals surface area (Å²) < 4.78 is 18.4. The van der Waals surface area contributed by atoms with Gasteiger partial charge in [-0.05, 0) is 31.3 Å². The number of hydrogen-bond acceptors (Lipinski definition) is 4. The van der Waals surface area contributed by atoms with E-state index in [0.29, 0.717) is 19.0 Å². The molecule has 2 aromatic heterocycles. The van der Waals surface area contributed by atoms with E-state index in [0.717, 1.165) is 28.3 Å². The Balaban J connectivity index is 1.69. The Morgan fingerprint density at radius 3 is 2.62 bits per heavy atom. The molecule has 5 nitrogen and oxygen atoms in total. The highest BCUT2D eigenvalue weighted by molar-refractivity contribution is 5.62. The van der Waals surface area contributed by atoms with Crippen LogP contribution in [0.1, 0.15) is 36.8 Å². The summed E-state index contributed by atoms with van der Waals surface area (Å²) in [6.07, 6.45) is 1.80. The summed E-state index contributed by atoms with van der Waals surface area (Å²) in [4.78, 5) is 2.14. The molecule has 0 saturated heterocycles. The van der Waals surface area contributed by atoms with E-state index in [1.807, 2.05) is 13.1 Å². The highest BCUT2D eigenvalue weighted by atomic mass is 19.1. The zero-order valence-corrected chi connectivity index (χ0v) is 14.1. The molecule has 3 rings (SSSR count). The highest BCUT2D eigenvalue weighted by Gasteiger charge is 2.13. The van der Waals surface area contributed by atoms with E-state index in [4.69, 9.17) is 4.52 Å². The third-order valence-electron chi connectivity index (χ3n) is 3.87. The van der Waals surface area contributed by atoms with Gasteiger partial charge in [0.2, 0.25) is 0 Å². The average Bonchev–Trinajstić information content (AvgIpc) is 3.17. The van der Waals surface area contributed by atoms with E-state index in [1.54, 1.807) is 18.3 Å². The van der Waals surface area contributed by atoms with Crippen molar-refractivity contribution in [1.29, 1.82) is 0 Å². The summed E-state index contributed by atoms with van der Waals surface area (Å²) in [6.45, 7) is 5.54. The van der Waals surface area contributed by atoms with Gasteiger partial charge < -0.3 is 4.52 Å². The molecule has 0 amide bonds. The molecule has 24 heavy (non-hydrogen) atoms. The first-order valence-corrected chi connectivity index (χ1v) is 7.95. The molecule has 0 bridgehead atoms. The molecule has 126 valence electrons. The second-order valence-electron chi connectivity index (χ2n) is 6.32. The van der Waals surface area contributed by atoms with Crippen LogP contribution in [0.2, 0.25) is 0 Å². The Bertz CT molecular complexity index is 791. The minimum Gasteiger partial charge on any atom is -0.361 e. The topological polar surface area (TPSA) is 58.0 Å². The first-order valence-electron chi connectivity index (χ1n) is 7.95. The Labute approximate surface area is 140 Å². The number of H-pyrrole nitrogens is 1. The smallest absolute Gasteiger partial charge is 0.139 e. The highest BCUT2D eigenvalue weighted by Crippen LogP contribution is 2.23. The molecule has 1 N–H and O–H groups in total. The Morgan fingerprint density at radius 2 is 1.96 bits per heavy atom. The van der Waals surface area contributed by atoms with E-state index in [-0.39, 0.29) is 5.82 Å². The maximum Gasteiger partial charge on any atom is 0.139 e. The third kappa shape index (κ3) is 3.71. The van der Waals surface area contributed by atoms with E-state index in [2.05, 4.69) is 34.1 Å². The quantitative estimate of drug-likeness (QED) is 0.744. The summed E-state index contributed by atoms with van der Waals surface area (Å²) in [5.74, 6) is 0.980. The van der Waals surface area contributed by atoms with Crippen LogP contribution in [0.25, 0.3) is 11.3 Å². The van der Waals surface area contributed by atoms with Gasteiger partial charge in [0.05, 0.1) is 17.6 Å². The molecule has 0 spiro atoms. The zero-order chi connectivity index (χ0) is 17.1. The minimum atomic E-state index is -0.246. The fourth-order valence-electron chi connectivity index (χ4n) is 2.60. The van der Waals surface area contributed by atoms with Gasteiger partial charge >= 0.3 is 0 Å². The molecule has 3 aromatic rings. The number of rotatable bonds is 6. The molecule has 0 aliphatic heterocycles. The Kier molecular flexibility index (Phi) is 4.76. The second-order valence-corrected chi connectivity index (χ2v) is 6.32. The average molecular weight is 328 g/mol. The summed E-state index contributed by atoms with van der Waals surface area (Å²) >= 11 is 0. The van der Waals surface area contributed by atoms with Crippen molar-refractivity contribution in [2.45, 2.75) is 32.9 Å². The second kappa shape index (κ2) is 6.97. The summed E-state index contributed by atoms with van der Waals surface area (Å²) in [5.41, 5.74) is 3.79. The van der Waals surface area contributed by atoms with Crippen molar-refractivity contribution in [3.8, 4) is 11.3 Å². The zero-order valence-electron chi connectivity index (χ0n) is 14.1. The van der Waals surface area contributed by atoms with Gasteiger partial charge in [-0.3, -0.25) is 10.00 Å². The van der Waals surface area contributed by atoms with E-state index < -0.39 is 0 Å². The van der Waals surface area contributed by atoms with Crippen molar-refractivity contribution in [2.75, 3.05) is 7.05 Å². The largest absolute Gasteiger partial charge is 0.361 e. The molecule has 0 saturated carbocycles. The molecule has 6 heteroatoms. The molecule has 0 fully saturated rings. The van der Waals surface area contributed by atoms with Gasteiger partial charge in [-0.1, -0.05) is 19.0 Å². The van der Waals surface area contributed by atoms with Gasteiger partial charge in [-0.2, -0.15) is 5.10 Å². The van der Waals surface area contributed by atoms with Gasteiger partial charge in [0.1, 0.15) is 11.6 Å². The van der Waals surface area contributed by atoms with Gasteiger partial charge in [0.25, 0.3) is 0 Å². The maximum atomic E-state index is 13.1. The molecule has 0 aliphatic carbocycles. The maximum absolute atomic E-state index is 13.1. The molecular formula is C18H21FN4O. The lowest BCUT2D eigenvalue weighted by Gasteiger charge is -2.15. The van der Waals surface area contributed by atoms with Gasteiger partial charge in [0, 0.05) is 36.2 Å². The number of hydrogen-bond donors (Lipinski definition) is 1. The fraction of sp³-hybridized carbons (Fsp3) is 0.333. The van der Waals surface area contributed by atoms with Crippen molar-refractivity contribution in [3.05, 3.63) is 59.4 Å². The number of benzene rings is 1. The normalized spacial score (nSPS) is 11.6. The molecule has 0 unspecified atom stereocenters. The molecule has 2 heterocycles. The monoisotopic (exact) mass is 328 g/mol. The van der Waals surface area contributed by atoms with Crippen LogP contribution in [0.4, 0.5) is 4.39 Å². The first-order chi connectivity index (χ1) is 11.5. The summed E-state index contributed by atoms with van der Waals surface area (Å²) in [5, 5.41) is 11.2. The van der Waals surface area contributed by atoms with Crippen LogP contribution in [0, 0.1) is 5.82 Å². The van der Waals surface area contributed by atoms with E-state index in [1.165, 1.54) is 12.1 Å². The van der Waals surface area contributed by atoms with E-state index >= 15 is 0 Å². The number of nitrogens with zero attached hydrogens (tertiary/aromatic N) is 3. The van der Waals surface area contributed by atoms with Crippen molar-refractivity contribution in [1.82, 2.24) is 20.3 Å². The number of halogens is 1. The van der Waals surface area contributed by atoms with Crippen molar-refractivity contribution in [3.63, 3.8) is 0 Å². The molecular weight excluding hydrogens is 307 g/mol. The lowest BCUT2D eigenvalue weighted by Crippen LogP contribution is -2.17. The summed E-state index contributed by atoms with van der Waals surface area (Å²) in [6, 6.07) is 8.40. The fourth-order valence-corrected chi connectivity index (χ4v) is 2.60. The van der Waals surface area contributed by atoms with Crippen LogP contribution in [-0.2, 0) is 13.1 Å². The van der Waals surface area contributed by atoms with Crippen LogP contribution in [-0.4, -0.2) is 27.3 Å². The van der Waals surface area contributed by atoms with Gasteiger partial charge in [-0.25, -0.2) is 4.39 Å². The predicted molar refractivity (Wildman–Crippen MR) is 89.7 cm³/mol. The Hall–Kier alpha value is -2.47. The predicted octanol–water partition coefficient (Wildman–Crippen LogP) is 3.96. The third-order valence-corrected chi connectivity index (χ3v) is 3.87. The lowest BCUT2D eigenvalue weighted by atomic mass is 10.1. The summed E-state index contributed by atoms with van der Waals surface area (Å²) in [7, 11) is 2.02.